The zero-order chi connectivity index (χ0) is 17.4. The summed E-state index contributed by atoms with van der Waals surface area (Å²) >= 11 is 0. The SMILES string of the molecule is COc1ccc(C(=O)N/N=C(C)\C=C\c2ccccc2)cc1OC. The molecule has 0 fully saturated rings. The molecule has 1 N–H and O–H groups in total. The lowest BCUT2D eigenvalue weighted by Gasteiger charge is -2.08. The van der Waals surface area contributed by atoms with Crippen LogP contribution in [0.3, 0.4) is 0 Å². The maximum absolute atomic E-state index is 12.2. The van der Waals surface area contributed by atoms with Crippen LogP contribution < -0.4 is 14.9 Å². The lowest BCUT2D eigenvalue weighted by atomic mass is 10.2. The Bertz CT molecular complexity index is 752. The highest BCUT2D eigenvalue weighted by atomic mass is 16.5. The number of carbonyl (C=O) groups is 1. The molecule has 24 heavy (non-hydrogen) atoms. The van der Waals surface area contributed by atoms with Crippen molar-refractivity contribution in [3.63, 3.8) is 0 Å². The average Bonchev–Trinajstić information content (AvgIpc) is 2.64. The van der Waals surface area contributed by atoms with Crippen LogP contribution in [0.2, 0.25) is 0 Å². The van der Waals surface area contributed by atoms with E-state index in [-0.39, 0.29) is 5.91 Å². The lowest BCUT2D eigenvalue weighted by molar-refractivity contribution is 0.0954. The van der Waals surface area contributed by atoms with Gasteiger partial charge in [-0.05, 0) is 36.8 Å². The summed E-state index contributed by atoms with van der Waals surface area (Å²) in [4.78, 5) is 12.2. The highest BCUT2D eigenvalue weighted by molar-refractivity contribution is 5.99. The minimum atomic E-state index is -0.316. The first kappa shape index (κ1) is 17.3. The third-order valence-corrected chi connectivity index (χ3v) is 3.30. The number of nitrogens with one attached hydrogen (secondary N) is 1. The molecule has 0 heterocycles. The number of rotatable bonds is 6. The van der Waals surface area contributed by atoms with Crippen molar-refractivity contribution in [2.45, 2.75) is 6.92 Å². The average molecular weight is 324 g/mol. The molecule has 0 aliphatic rings. The van der Waals surface area contributed by atoms with Gasteiger partial charge in [0.15, 0.2) is 11.5 Å². The van der Waals surface area contributed by atoms with E-state index in [1.807, 2.05) is 49.4 Å². The van der Waals surface area contributed by atoms with Crippen molar-refractivity contribution in [3.05, 3.63) is 65.7 Å². The van der Waals surface area contributed by atoms with Gasteiger partial charge < -0.3 is 9.47 Å². The number of amides is 1. The molecule has 2 aromatic carbocycles. The number of carbonyl (C=O) groups excluding carboxylic acids is 1. The highest BCUT2D eigenvalue weighted by Crippen LogP contribution is 2.27. The third-order valence-electron chi connectivity index (χ3n) is 3.30. The van der Waals surface area contributed by atoms with E-state index >= 15 is 0 Å². The number of nitrogens with zero attached hydrogens (tertiary/aromatic N) is 1. The van der Waals surface area contributed by atoms with Gasteiger partial charge in [-0.25, -0.2) is 5.43 Å². The Kier molecular flexibility index (Phi) is 6.14. The third kappa shape index (κ3) is 4.71. The maximum Gasteiger partial charge on any atom is 0.271 e. The molecule has 0 bridgehead atoms. The Labute approximate surface area is 141 Å². The van der Waals surface area contributed by atoms with Crippen LogP contribution in [0.5, 0.6) is 11.5 Å². The van der Waals surface area contributed by atoms with Gasteiger partial charge in [-0.15, -0.1) is 0 Å². The normalized spacial score (nSPS) is 11.4. The van der Waals surface area contributed by atoms with Crippen molar-refractivity contribution < 1.29 is 14.3 Å². The number of hydrazone groups is 1. The molecule has 5 heteroatoms. The van der Waals surface area contributed by atoms with E-state index in [0.717, 1.165) is 5.56 Å². The monoisotopic (exact) mass is 324 g/mol. The standard InChI is InChI=1S/C19H20N2O3/c1-14(9-10-15-7-5-4-6-8-15)20-21-19(22)16-11-12-17(23-2)18(13-16)24-3/h4-13H,1-3H3,(H,21,22)/b10-9+,20-14-. The Balaban J connectivity index is 2.02. The summed E-state index contributed by atoms with van der Waals surface area (Å²) < 4.78 is 10.3. The fourth-order valence-electron chi connectivity index (χ4n) is 2.00. The first-order valence-electron chi connectivity index (χ1n) is 7.44. The second-order valence-corrected chi connectivity index (χ2v) is 5.01. The fourth-order valence-corrected chi connectivity index (χ4v) is 2.00. The van der Waals surface area contributed by atoms with Crippen LogP contribution in [0.4, 0.5) is 0 Å². The van der Waals surface area contributed by atoms with Crippen LogP contribution >= 0.6 is 0 Å². The Hall–Kier alpha value is -3.08. The molecule has 1 amide bonds. The van der Waals surface area contributed by atoms with Crippen LogP contribution in [0, 0.1) is 0 Å². The number of methoxy groups -OCH3 is 2. The van der Waals surface area contributed by atoms with E-state index in [2.05, 4.69) is 10.5 Å². The van der Waals surface area contributed by atoms with Gasteiger partial charge in [-0.2, -0.15) is 5.10 Å². The summed E-state index contributed by atoms with van der Waals surface area (Å²) in [6.45, 7) is 1.81. The van der Waals surface area contributed by atoms with Crippen molar-refractivity contribution in [3.8, 4) is 11.5 Å². The number of hydrogen-bond acceptors (Lipinski definition) is 4. The minimum absolute atomic E-state index is 0.316. The van der Waals surface area contributed by atoms with Crippen molar-refractivity contribution >= 4 is 17.7 Å². The van der Waals surface area contributed by atoms with E-state index in [4.69, 9.17) is 9.47 Å². The van der Waals surface area contributed by atoms with Crippen LogP contribution in [0.15, 0.2) is 59.7 Å². The molecule has 0 aliphatic carbocycles. The van der Waals surface area contributed by atoms with Crippen LogP contribution in [0.1, 0.15) is 22.8 Å². The summed E-state index contributed by atoms with van der Waals surface area (Å²) in [6, 6.07) is 14.8. The Morgan fingerprint density at radius 1 is 1.04 bits per heavy atom. The van der Waals surface area contributed by atoms with Crippen LogP contribution in [0.25, 0.3) is 6.08 Å². The number of hydrogen-bond donors (Lipinski definition) is 1. The first-order chi connectivity index (χ1) is 11.6. The number of allylic oxidation sites excluding steroid dienone is 1. The predicted octanol–water partition coefficient (Wildman–Crippen LogP) is 3.52. The topological polar surface area (TPSA) is 59.9 Å². The van der Waals surface area contributed by atoms with Gasteiger partial charge in [0.2, 0.25) is 0 Å². The van der Waals surface area contributed by atoms with Crippen molar-refractivity contribution in [2.24, 2.45) is 5.10 Å². The number of ether oxygens (including phenoxy) is 2. The van der Waals surface area contributed by atoms with Gasteiger partial charge in [-0.3, -0.25) is 4.79 Å². The summed E-state index contributed by atoms with van der Waals surface area (Å²) in [7, 11) is 3.07. The second kappa shape index (κ2) is 8.53. The van der Waals surface area contributed by atoms with E-state index < -0.39 is 0 Å². The second-order valence-electron chi connectivity index (χ2n) is 5.01. The predicted molar refractivity (Wildman–Crippen MR) is 95.6 cm³/mol. The van der Waals surface area contributed by atoms with E-state index in [0.29, 0.717) is 22.8 Å². The van der Waals surface area contributed by atoms with Crippen LogP contribution in [-0.2, 0) is 0 Å². The quantitative estimate of drug-likeness (QED) is 0.653. The Morgan fingerprint density at radius 3 is 2.42 bits per heavy atom. The van der Waals surface area contributed by atoms with Gasteiger partial charge in [0.25, 0.3) is 5.91 Å². The molecular weight excluding hydrogens is 304 g/mol. The van der Waals surface area contributed by atoms with Gasteiger partial charge in [0.1, 0.15) is 0 Å². The van der Waals surface area contributed by atoms with Crippen LogP contribution in [-0.4, -0.2) is 25.8 Å². The molecule has 0 spiro atoms. The molecule has 0 radical (unpaired) electrons. The molecule has 0 saturated carbocycles. The first-order valence-corrected chi connectivity index (χ1v) is 7.44. The molecule has 2 aromatic rings. The summed E-state index contributed by atoms with van der Waals surface area (Å²) in [5, 5.41) is 4.07. The molecule has 5 nitrogen and oxygen atoms in total. The summed E-state index contributed by atoms with van der Waals surface area (Å²) in [5.41, 5.74) is 4.72. The van der Waals surface area contributed by atoms with Crippen molar-refractivity contribution in [1.82, 2.24) is 5.43 Å². The molecule has 0 unspecified atom stereocenters. The zero-order valence-corrected chi connectivity index (χ0v) is 13.9. The van der Waals surface area contributed by atoms with Gasteiger partial charge in [-0.1, -0.05) is 36.4 Å². The van der Waals surface area contributed by atoms with E-state index in [1.165, 1.54) is 7.11 Å². The number of benzene rings is 2. The summed E-state index contributed by atoms with van der Waals surface area (Å²) in [5.74, 6) is 0.748. The molecule has 0 aliphatic heterocycles. The lowest BCUT2D eigenvalue weighted by Crippen LogP contribution is -2.18. The van der Waals surface area contributed by atoms with E-state index in [1.54, 1.807) is 25.3 Å². The van der Waals surface area contributed by atoms with Gasteiger partial charge in [0, 0.05) is 5.56 Å². The molecule has 124 valence electrons. The van der Waals surface area contributed by atoms with Crippen molar-refractivity contribution in [1.29, 1.82) is 0 Å². The molecule has 0 saturated heterocycles. The summed E-state index contributed by atoms with van der Waals surface area (Å²) in [6.07, 6.45) is 3.77. The fraction of sp³-hybridized carbons (Fsp3) is 0.158. The maximum atomic E-state index is 12.2. The molecule has 2 rings (SSSR count). The minimum Gasteiger partial charge on any atom is -0.493 e. The van der Waals surface area contributed by atoms with Crippen molar-refractivity contribution in [2.75, 3.05) is 14.2 Å². The molecule has 0 aromatic heterocycles. The zero-order valence-electron chi connectivity index (χ0n) is 13.9. The van der Waals surface area contributed by atoms with E-state index in [9.17, 15) is 4.79 Å². The smallest absolute Gasteiger partial charge is 0.271 e. The molecule has 0 atom stereocenters. The largest absolute Gasteiger partial charge is 0.493 e. The van der Waals surface area contributed by atoms with Gasteiger partial charge >= 0.3 is 0 Å². The highest BCUT2D eigenvalue weighted by Gasteiger charge is 2.10. The Morgan fingerprint density at radius 2 is 1.75 bits per heavy atom. The van der Waals surface area contributed by atoms with Gasteiger partial charge in [0.05, 0.1) is 19.9 Å². The molecular formula is C19H20N2O3.